The second-order valence-electron chi connectivity index (χ2n) is 4.90. The minimum absolute atomic E-state index is 0.367. The van der Waals surface area contributed by atoms with E-state index in [1.165, 1.54) is 24.3 Å². The summed E-state index contributed by atoms with van der Waals surface area (Å²) in [4.78, 5) is 0. The molecule has 18 heavy (non-hydrogen) atoms. The van der Waals surface area contributed by atoms with Crippen molar-refractivity contribution in [3.8, 4) is 0 Å². The number of hydrogen-bond donors (Lipinski definition) is 1. The van der Waals surface area contributed by atoms with Crippen LogP contribution >= 0.6 is 0 Å². The zero-order chi connectivity index (χ0) is 14.0. The lowest BCUT2D eigenvalue weighted by Crippen LogP contribution is -2.34. The lowest BCUT2D eigenvalue weighted by molar-refractivity contribution is -0.141. The monoisotopic (exact) mass is 264 g/mol. The summed E-state index contributed by atoms with van der Waals surface area (Å²) >= 11 is 0. The quantitative estimate of drug-likeness (QED) is 0.820. The molecule has 5 heteroatoms. The molecule has 0 bridgehead atoms. The van der Waals surface area contributed by atoms with E-state index in [-0.39, 0.29) is 6.42 Å². The normalized spacial score (nSPS) is 14.6. The lowest BCUT2D eigenvalue weighted by atomic mass is 9.78. The van der Waals surface area contributed by atoms with Crippen molar-refractivity contribution in [3.05, 3.63) is 35.6 Å². The summed E-state index contributed by atoms with van der Waals surface area (Å²) in [5, 5.41) is 9.87. The highest BCUT2D eigenvalue weighted by Gasteiger charge is 2.34. The van der Waals surface area contributed by atoms with Gasteiger partial charge in [0.1, 0.15) is 5.82 Å². The fraction of sp³-hybridized carbons (Fsp3) is 0.538. The van der Waals surface area contributed by atoms with Gasteiger partial charge in [0.05, 0.1) is 6.10 Å². The second kappa shape index (κ2) is 5.26. The summed E-state index contributed by atoms with van der Waals surface area (Å²) in [5.74, 6) is -0.417. The van der Waals surface area contributed by atoms with Crippen LogP contribution in [0.5, 0.6) is 0 Å². The molecular weight excluding hydrogens is 248 g/mol. The van der Waals surface area contributed by atoms with Gasteiger partial charge in [-0.05, 0) is 24.1 Å². The maximum Gasteiger partial charge on any atom is 0.389 e. The molecule has 0 aromatic heterocycles. The lowest BCUT2D eigenvalue weighted by Gasteiger charge is -2.31. The van der Waals surface area contributed by atoms with Crippen LogP contribution in [0.15, 0.2) is 24.3 Å². The topological polar surface area (TPSA) is 20.2 Å². The minimum Gasteiger partial charge on any atom is -0.392 e. The van der Waals surface area contributed by atoms with Crippen molar-refractivity contribution in [2.24, 2.45) is 0 Å². The van der Waals surface area contributed by atoms with E-state index in [1.54, 1.807) is 13.8 Å². The largest absolute Gasteiger partial charge is 0.392 e. The maximum absolute atomic E-state index is 12.8. The highest BCUT2D eigenvalue weighted by molar-refractivity contribution is 5.25. The Hall–Kier alpha value is -1.10. The van der Waals surface area contributed by atoms with E-state index in [0.29, 0.717) is 5.56 Å². The van der Waals surface area contributed by atoms with Crippen molar-refractivity contribution in [2.45, 2.75) is 44.4 Å². The van der Waals surface area contributed by atoms with E-state index in [2.05, 4.69) is 0 Å². The number of halogens is 4. The first-order chi connectivity index (χ1) is 8.13. The molecule has 0 saturated heterocycles. The van der Waals surface area contributed by atoms with E-state index in [4.69, 9.17) is 0 Å². The fourth-order valence-corrected chi connectivity index (χ4v) is 1.73. The van der Waals surface area contributed by atoms with Crippen LogP contribution in [0, 0.1) is 5.82 Å². The fourth-order valence-electron chi connectivity index (χ4n) is 1.73. The molecule has 0 amide bonds. The Kier molecular flexibility index (Phi) is 4.37. The van der Waals surface area contributed by atoms with Crippen LogP contribution in [0.2, 0.25) is 0 Å². The van der Waals surface area contributed by atoms with Crippen molar-refractivity contribution in [1.82, 2.24) is 0 Å². The Morgan fingerprint density at radius 2 is 1.61 bits per heavy atom. The van der Waals surface area contributed by atoms with Crippen LogP contribution in [0.1, 0.15) is 32.3 Å². The van der Waals surface area contributed by atoms with Crippen LogP contribution in [-0.4, -0.2) is 17.4 Å². The summed E-state index contributed by atoms with van der Waals surface area (Å²) in [6.45, 7) is 3.28. The van der Waals surface area contributed by atoms with Crippen LogP contribution in [0.4, 0.5) is 17.6 Å². The molecule has 0 fully saturated rings. The number of hydrogen-bond acceptors (Lipinski definition) is 1. The molecular formula is C13H16F4O. The van der Waals surface area contributed by atoms with Crippen LogP contribution in [0.25, 0.3) is 0 Å². The van der Waals surface area contributed by atoms with Crippen molar-refractivity contribution in [2.75, 3.05) is 0 Å². The average molecular weight is 264 g/mol. The smallest absolute Gasteiger partial charge is 0.389 e. The van der Waals surface area contributed by atoms with Gasteiger partial charge in [-0.3, -0.25) is 0 Å². The highest BCUT2D eigenvalue weighted by atomic mass is 19.4. The van der Waals surface area contributed by atoms with Gasteiger partial charge in [0, 0.05) is 11.8 Å². The Morgan fingerprint density at radius 3 is 2.06 bits per heavy atom. The molecule has 1 unspecified atom stereocenters. The van der Waals surface area contributed by atoms with Crippen LogP contribution in [0.3, 0.4) is 0 Å². The van der Waals surface area contributed by atoms with E-state index in [9.17, 15) is 22.7 Å². The van der Waals surface area contributed by atoms with Crippen molar-refractivity contribution >= 4 is 0 Å². The van der Waals surface area contributed by atoms with Gasteiger partial charge in [0.25, 0.3) is 0 Å². The Bertz CT molecular complexity index is 381. The van der Waals surface area contributed by atoms with Gasteiger partial charge < -0.3 is 5.11 Å². The van der Waals surface area contributed by atoms with Crippen LogP contribution < -0.4 is 0 Å². The molecule has 1 N–H and O–H groups in total. The Labute approximate surface area is 103 Å². The predicted molar refractivity (Wildman–Crippen MR) is 60.7 cm³/mol. The summed E-state index contributed by atoms with van der Waals surface area (Å²) in [6.07, 6.45) is -6.81. The molecule has 0 spiro atoms. The van der Waals surface area contributed by atoms with Gasteiger partial charge in [-0.1, -0.05) is 26.0 Å². The van der Waals surface area contributed by atoms with Gasteiger partial charge in [-0.15, -0.1) is 0 Å². The zero-order valence-corrected chi connectivity index (χ0v) is 10.3. The van der Waals surface area contributed by atoms with Crippen molar-refractivity contribution in [3.63, 3.8) is 0 Å². The molecule has 0 heterocycles. The third-order valence-electron chi connectivity index (χ3n) is 3.12. The molecule has 0 aliphatic heterocycles. The number of alkyl halides is 3. The zero-order valence-electron chi connectivity index (χ0n) is 10.3. The first-order valence-corrected chi connectivity index (χ1v) is 5.64. The summed E-state index contributed by atoms with van der Waals surface area (Å²) < 4.78 is 49.1. The van der Waals surface area contributed by atoms with E-state index >= 15 is 0 Å². The van der Waals surface area contributed by atoms with Gasteiger partial charge >= 0.3 is 6.18 Å². The predicted octanol–water partition coefficient (Wildman–Crippen LogP) is 3.81. The summed E-state index contributed by atoms with van der Waals surface area (Å²) in [5.41, 5.74) is -0.238. The molecule has 0 aliphatic carbocycles. The Morgan fingerprint density at radius 1 is 1.11 bits per heavy atom. The molecule has 0 aliphatic rings. The van der Waals surface area contributed by atoms with Gasteiger partial charge in [0.2, 0.25) is 0 Å². The molecule has 1 nitrogen and oxygen atoms in total. The number of rotatable bonds is 4. The number of aliphatic hydroxyl groups is 1. The van der Waals surface area contributed by atoms with E-state index in [1.807, 2.05) is 0 Å². The molecule has 1 aromatic carbocycles. The average Bonchev–Trinajstić information content (AvgIpc) is 2.25. The SMILES string of the molecule is CC(C)(c1ccc(F)cc1)C(O)CCC(F)(F)F. The van der Waals surface area contributed by atoms with Gasteiger partial charge in [-0.2, -0.15) is 13.2 Å². The third-order valence-corrected chi connectivity index (χ3v) is 3.12. The number of benzene rings is 1. The Balaban J connectivity index is 2.76. The highest BCUT2D eigenvalue weighted by Crippen LogP contribution is 2.32. The molecule has 1 aromatic rings. The summed E-state index contributed by atoms with van der Waals surface area (Å²) in [6, 6.07) is 5.42. The maximum atomic E-state index is 12.8. The van der Waals surface area contributed by atoms with Gasteiger partial charge in [-0.25, -0.2) is 4.39 Å². The second-order valence-corrected chi connectivity index (χ2v) is 4.90. The molecule has 0 saturated carbocycles. The molecule has 102 valence electrons. The van der Waals surface area contributed by atoms with Crippen molar-refractivity contribution in [1.29, 1.82) is 0 Å². The van der Waals surface area contributed by atoms with Gasteiger partial charge in [0.15, 0.2) is 0 Å². The van der Waals surface area contributed by atoms with Crippen LogP contribution in [-0.2, 0) is 5.41 Å². The third kappa shape index (κ3) is 3.98. The molecule has 1 atom stereocenters. The molecule has 0 radical (unpaired) electrons. The van der Waals surface area contributed by atoms with E-state index in [0.717, 1.165) is 0 Å². The van der Waals surface area contributed by atoms with Crippen molar-refractivity contribution < 1.29 is 22.7 Å². The first-order valence-electron chi connectivity index (χ1n) is 5.64. The number of aliphatic hydroxyl groups excluding tert-OH is 1. The minimum atomic E-state index is -4.28. The van der Waals surface area contributed by atoms with E-state index < -0.39 is 29.9 Å². The summed E-state index contributed by atoms with van der Waals surface area (Å²) in [7, 11) is 0. The first kappa shape index (κ1) is 15.0. The standard InChI is InChI=1S/C13H16F4O/c1-12(2,9-3-5-10(14)6-4-9)11(18)7-8-13(15,16)17/h3-6,11,18H,7-8H2,1-2H3. The molecule has 1 rings (SSSR count).